The van der Waals surface area contributed by atoms with Crippen molar-refractivity contribution in [3.05, 3.63) is 35.2 Å². The molecule has 0 aliphatic heterocycles. The second-order valence-electron chi connectivity index (χ2n) is 4.75. The normalized spacial score (nSPS) is 10.9. The zero-order valence-electron chi connectivity index (χ0n) is 11.0. The third-order valence-electron chi connectivity index (χ3n) is 2.78. The highest BCUT2D eigenvalue weighted by Crippen LogP contribution is 2.23. The van der Waals surface area contributed by atoms with Gasteiger partial charge in [0, 0.05) is 11.5 Å². The third-order valence-corrected chi connectivity index (χ3v) is 2.78. The van der Waals surface area contributed by atoms with Gasteiger partial charge in [0.05, 0.1) is 0 Å². The van der Waals surface area contributed by atoms with Gasteiger partial charge in [-0.1, -0.05) is 31.5 Å². The number of ketones is 1. The number of hydrogen-bond acceptors (Lipinski definition) is 4. The maximum atomic E-state index is 11.7. The van der Waals surface area contributed by atoms with Crippen LogP contribution in [0.1, 0.15) is 35.7 Å². The van der Waals surface area contributed by atoms with Crippen LogP contribution in [0.15, 0.2) is 22.6 Å². The number of benzene rings is 1. The van der Waals surface area contributed by atoms with E-state index in [1.165, 1.54) is 0 Å². The summed E-state index contributed by atoms with van der Waals surface area (Å²) in [6.07, 6.45) is 0. The minimum atomic E-state index is -0.142. The van der Waals surface area contributed by atoms with Crippen molar-refractivity contribution in [1.29, 1.82) is 0 Å². The fraction of sp³-hybridized carbons (Fsp3) is 0.357. The van der Waals surface area contributed by atoms with Crippen LogP contribution in [-0.4, -0.2) is 16.0 Å². The number of rotatable bonds is 3. The number of carbonyl (C=O) groups is 1. The van der Waals surface area contributed by atoms with E-state index in [2.05, 4.69) is 10.2 Å². The molecule has 0 atom stereocenters. The molecule has 0 bridgehead atoms. The maximum Gasteiger partial charge on any atom is 0.284 e. The van der Waals surface area contributed by atoms with E-state index in [4.69, 9.17) is 4.42 Å². The first-order valence-corrected chi connectivity index (χ1v) is 5.94. The third kappa shape index (κ3) is 2.32. The molecule has 2 aromatic rings. The average molecular weight is 244 g/mol. The summed E-state index contributed by atoms with van der Waals surface area (Å²) in [6, 6.07) is 6.00. The number of hydrogen-bond donors (Lipinski definition) is 0. The van der Waals surface area contributed by atoms with Crippen LogP contribution in [0.5, 0.6) is 0 Å². The molecule has 1 heterocycles. The number of Topliss-reactive ketones (excluding diaryl/α,β-unsaturated/α-hetero) is 1. The Morgan fingerprint density at radius 1 is 1.22 bits per heavy atom. The summed E-state index contributed by atoms with van der Waals surface area (Å²) in [5.41, 5.74) is 3.05. The van der Waals surface area contributed by atoms with Crippen LogP contribution in [0.2, 0.25) is 0 Å². The quantitative estimate of drug-likeness (QED) is 0.778. The van der Waals surface area contributed by atoms with Crippen molar-refractivity contribution in [1.82, 2.24) is 10.2 Å². The van der Waals surface area contributed by atoms with Gasteiger partial charge in [-0.15, -0.1) is 10.2 Å². The molecule has 0 amide bonds. The molecule has 0 saturated carbocycles. The zero-order chi connectivity index (χ0) is 13.3. The van der Waals surface area contributed by atoms with Crippen LogP contribution in [0.3, 0.4) is 0 Å². The number of nitrogens with zero attached hydrogens (tertiary/aromatic N) is 2. The van der Waals surface area contributed by atoms with E-state index in [1.54, 1.807) is 0 Å². The van der Waals surface area contributed by atoms with Gasteiger partial charge in [0.2, 0.25) is 11.7 Å². The van der Waals surface area contributed by atoms with Gasteiger partial charge in [-0.25, -0.2) is 0 Å². The summed E-state index contributed by atoms with van der Waals surface area (Å²) in [7, 11) is 0. The summed E-state index contributed by atoms with van der Waals surface area (Å²) >= 11 is 0. The van der Waals surface area contributed by atoms with Crippen molar-refractivity contribution >= 4 is 5.78 Å². The molecule has 0 fully saturated rings. The second-order valence-corrected chi connectivity index (χ2v) is 4.75. The molecule has 94 valence electrons. The van der Waals surface area contributed by atoms with Crippen molar-refractivity contribution in [2.24, 2.45) is 5.92 Å². The SMILES string of the molecule is Cc1ccc(C)c(-c2nnc(C(=O)C(C)C)o2)c1. The molecule has 0 radical (unpaired) electrons. The van der Waals surface area contributed by atoms with Crippen molar-refractivity contribution in [3.63, 3.8) is 0 Å². The van der Waals surface area contributed by atoms with Crippen molar-refractivity contribution < 1.29 is 9.21 Å². The molecular weight excluding hydrogens is 228 g/mol. The molecule has 4 nitrogen and oxygen atoms in total. The van der Waals surface area contributed by atoms with Crippen molar-refractivity contribution in [3.8, 4) is 11.5 Å². The smallest absolute Gasteiger partial charge is 0.284 e. The molecular formula is C14H16N2O2. The summed E-state index contributed by atoms with van der Waals surface area (Å²) in [5.74, 6) is 0.220. The van der Waals surface area contributed by atoms with E-state index < -0.39 is 0 Å². The first-order valence-electron chi connectivity index (χ1n) is 5.94. The first-order chi connectivity index (χ1) is 8.49. The van der Waals surface area contributed by atoms with Crippen molar-refractivity contribution in [2.75, 3.05) is 0 Å². The minimum Gasteiger partial charge on any atom is -0.414 e. The van der Waals surface area contributed by atoms with Crippen LogP contribution < -0.4 is 0 Å². The fourth-order valence-corrected chi connectivity index (χ4v) is 1.64. The standard InChI is InChI=1S/C14H16N2O2/c1-8(2)12(17)14-16-15-13(18-14)11-7-9(3)5-6-10(11)4/h5-8H,1-4H3. The van der Waals surface area contributed by atoms with E-state index in [0.717, 1.165) is 16.7 Å². The summed E-state index contributed by atoms with van der Waals surface area (Å²) in [4.78, 5) is 11.7. The first kappa shape index (κ1) is 12.5. The Bertz CT molecular complexity index is 585. The Balaban J connectivity index is 2.41. The van der Waals surface area contributed by atoms with Crippen LogP contribution in [0.25, 0.3) is 11.5 Å². The van der Waals surface area contributed by atoms with Gasteiger partial charge in [-0.2, -0.15) is 0 Å². The molecule has 0 N–H and O–H groups in total. The number of aryl methyl sites for hydroxylation is 2. The van der Waals surface area contributed by atoms with E-state index in [9.17, 15) is 4.79 Å². The predicted molar refractivity (Wildman–Crippen MR) is 68.4 cm³/mol. The largest absolute Gasteiger partial charge is 0.414 e. The van der Waals surface area contributed by atoms with Gasteiger partial charge >= 0.3 is 0 Å². The van der Waals surface area contributed by atoms with Crippen LogP contribution >= 0.6 is 0 Å². The van der Waals surface area contributed by atoms with Gasteiger partial charge < -0.3 is 4.42 Å². The number of aromatic nitrogens is 2. The van der Waals surface area contributed by atoms with E-state index in [-0.39, 0.29) is 17.6 Å². The fourth-order valence-electron chi connectivity index (χ4n) is 1.64. The molecule has 18 heavy (non-hydrogen) atoms. The lowest BCUT2D eigenvalue weighted by atomic mass is 10.1. The van der Waals surface area contributed by atoms with Gasteiger partial charge in [-0.3, -0.25) is 4.79 Å². The van der Waals surface area contributed by atoms with Gasteiger partial charge in [-0.05, 0) is 25.5 Å². The molecule has 1 aromatic carbocycles. The molecule has 0 saturated heterocycles. The average Bonchev–Trinajstić information content (AvgIpc) is 2.80. The lowest BCUT2D eigenvalue weighted by Gasteiger charge is -2.02. The topological polar surface area (TPSA) is 56.0 Å². The highest BCUT2D eigenvalue weighted by molar-refractivity contribution is 5.93. The maximum absolute atomic E-state index is 11.7. The molecule has 0 aliphatic carbocycles. The van der Waals surface area contributed by atoms with Gasteiger partial charge in [0.1, 0.15) is 0 Å². The zero-order valence-corrected chi connectivity index (χ0v) is 11.0. The molecule has 0 unspecified atom stereocenters. The summed E-state index contributed by atoms with van der Waals surface area (Å²) in [6.45, 7) is 7.59. The van der Waals surface area contributed by atoms with Gasteiger partial charge in [0.15, 0.2) is 0 Å². The van der Waals surface area contributed by atoms with Crippen LogP contribution in [0.4, 0.5) is 0 Å². The molecule has 0 spiro atoms. The molecule has 1 aromatic heterocycles. The Labute approximate surface area is 106 Å². The summed E-state index contributed by atoms with van der Waals surface area (Å²) in [5, 5.41) is 7.77. The van der Waals surface area contributed by atoms with Crippen LogP contribution in [-0.2, 0) is 0 Å². The minimum absolute atomic E-state index is 0.0842. The summed E-state index contributed by atoms with van der Waals surface area (Å²) < 4.78 is 5.46. The van der Waals surface area contributed by atoms with Crippen molar-refractivity contribution in [2.45, 2.75) is 27.7 Å². The number of carbonyl (C=O) groups excluding carboxylic acids is 1. The lowest BCUT2D eigenvalue weighted by Crippen LogP contribution is -2.07. The van der Waals surface area contributed by atoms with E-state index in [1.807, 2.05) is 45.9 Å². The second kappa shape index (κ2) is 4.72. The predicted octanol–water partition coefficient (Wildman–Crippen LogP) is 3.19. The van der Waals surface area contributed by atoms with E-state index in [0.29, 0.717) is 5.89 Å². The van der Waals surface area contributed by atoms with Gasteiger partial charge in [0.25, 0.3) is 5.89 Å². The highest BCUT2D eigenvalue weighted by atomic mass is 16.4. The lowest BCUT2D eigenvalue weighted by molar-refractivity contribution is 0.0905. The molecule has 0 aliphatic rings. The van der Waals surface area contributed by atoms with E-state index >= 15 is 0 Å². The Hall–Kier alpha value is -1.97. The molecule has 4 heteroatoms. The Kier molecular flexibility index (Phi) is 3.28. The highest BCUT2D eigenvalue weighted by Gasteiger charge is 2.19. The monoisotopic (exact) mass is 244 g/mol. The Morgan fingerprint density at radius 2 is 1.94 bits per heavy atom. The van der Waals surface area contributed by atoms with Crippen LogP contribution in [0, 0.1) is 19.8 Å². The molecule has 2 rings (SSSR count). The Morgan fingerprint density at radius 3 is 2.61 bits per heavy atom.